The molecule has 2 bridgehead atoms. The van der Waals surface area contributed by atoms with Crippen LogP contribution in [0.3, 0.4) is 0 Å². The Balaban J connectivity index is 1.76. The van der Waals surface area contributed by atoms with Gasteiger partial charge in [0.2, 0.25) is 11.8 Å². The number of imide groups is 1. The van der Waals surface area contributed by atoms with Gasteiger partial charge in [-0.05, 0) is 36.5 Å². The largest absolute Gasteiger partial charge is 0.274 e. The number of carbonyl (C=O) groups is 2. The quantitative estimate of drug-likeness (QED) is 0.589. The van der Waals surface area contributed by atoms with Gasteiger partial charge in [0.25, 0.3) is 0 Å². The molecule has 0 aromatic heterocycles. The van der Waals surface area contributed by atoms with E-state index in [-0.39, 0.29) is 35.5 Å². The number of amides is 2. The first-order valence-corrected chi connectivity index (χ1v) is 7.34. The van der Waals surface area contributed by atoms with E-state index in [1.807, 2.05) is 0 Å². The molecule has 3 aliphatic rings. The van der Waals surface area contributed by atoms with Crippen molar-refractivity contribution in [3.63, 3.8) is 0 Å². The van der Waals surface area contributed by atoms with Gasteiger partial charge >= 0.3 is 0 Å². The number of allylic oxidation sites excluding steroid dienone is 2. The van der Waals surface area contributed by atoms with Gasteiger partial charge in [0.1, 0.15) is 0 Å². The van der Waals surface area contributed by atoms with Crippen LogP contribution < -0.4 is 4.90 Å². The van der Waals surface area contributed by atoms with Crippen molar-refractivity contribution in [2.75, 3.05) is 4.90 Å². The minimum absolute atomic E-state index is 0.102. The summed E-state index contributed by atoms with van der Waals surface area (Å²) >= 11 is 11.9. The lowest BCUT2D eigenvalue weighted by Crippen LogP contribution is -2.32. The lowest BCUT2D eigenvalue weighted by atomic mass is 9.85. The van der Waals surface area contributed by atoms with Gasteiger partial charge in [-0.3, -0.25) is 9.59 Å². The van der Waals surface area contributed by atoms with Crippen molar-refractivity contribution in [3.05, 3.63) is 40.4 Å². The molecule has 1 saturated heterocycles. The smallest absolute Gasteiger partial charge is 0.238 e. The Morgan fingerprint density at radius 2 is 1.55 bits per heavy atom. The number of anilines is 1. The van der Waals surface area contributed by atoms with Gasteiger partial charge in [-0.15, -0.1) is 0 Å². The average molecular weight is 308 g/mol. The van der Waals surface area contributed by atoms with Crippen molar-refractivity contribution in [2.45, 2.75) is 6.42 Å². The van der Waals surface area contributed by atoms with Crippen LogP contribution in [0.1, 0.15) is 6.42 Å². The van der Waals surface area contributed by atoms with Crippen molar-refractivity contribution < 1.29 is 9.59 Å². The normalized spacial score (nSPS) is 34.2. The van der Waals surface area contributed by atoms with Crippen molar-refractivity contribution in [3.8, 4) is 0 Å². The summed E-state index contributed by atoms with van der Waals surface area (Å²) in [5.41, 5.74) is 0.517. The molecular formula is C15H11Cl2NO2. The van der Waals surface area contributed by atoms with Crippen LogP contribution in [0.4, 0.5) is 5.69 Å². The van der Waals surface area contributed by atoms with E-state index in [2.05, 4.69) is 12.2 Å². The first-order chi connectivity index (χ1) is 9.58. The van der Waals surface area contributed by atoms with E-state index in [0.29, 0.717) is 15.7 Å². The molecule has 2 fully saturated rings. The fourth-order valence-corrected chi connectivity index (χ4v) is 4.07. The number of nitrogens with zero attached hydrogens (tertiary/aromatic N) is 1. The molecule has 1 aromatic carbocycles. The molecule has 102 valence electrons. The molecule has 0 radical (unpaired) electrons. The Labute approximate surface area is 126 Å². The van der Waals surface area contributed by atoms with Crippen molar-refractivity contribution in [1.82, 2.24) is 0 Å². The minimum atomic E-state index is -0.188. The van der Waals surface area contributed by atoms with Crippen LogP contribution in [0.25, 0.3) is 0 Å². The maximum atomic E-state index is 12.6. The number of halogens is 2. The highest BCUT2D eigenvalue weighted by Gasteiger charge is 2.59. The fraction of sp³-hybridized carbons (Fsp3) is 0.333. The summed E-state index contributed by atoms with van der Waals surface area (Å²) in [6, 6.07) is 4.86. The molecule has 2 aliphatic carbocycles. The molecule has 4 atom stereocenters. The van der Waals surface area contributed by atoms with Crippen LogP contribution in [-0.2, 0) is 9.59 Å². The molecule has 2 amide bonds. The fourth-order valence-electron chi connectivity index (χ4n) is 3.78. The van der Waals surface area contributed by atoms with E-state index in [1.54, 1.807) is 18.2 Å². The zero-order valence-electron chi connectivity index (χ0n) is 10.4. The summed E-state index contributed by atoms with van der Waals surface area (Å²) in [4.78, 5) is 26.4. The summed E-state index contributed by atoms with van der Waals surface area (Å²) in [7, 11) is 0. The maximum absolute atomic E-state index is 12.6. The number of benzene rings is 1. The Morgan fingerprint density at radius 1 is 0.950 bits per heavy atom. The number of rotatable bonds is 1. The number of carbonyl (C=O) groups excluding carboxylic acids is 2. The summed E-state index contributed by atoms with van der Waals surface area (Å²) < 4.78 is 0. The van der Waals surface area contributed by atoms with Gasteiger partial charge < -0.3 is 0 Å². The zero-order valence-corrected chi connectivity index (χ0v) is 11.9. The third-order valence-corrected chi connectivity index (χ3v) is 5.37. The van der Waals surface area contributed by atoms with Gasteiger partial charge in [0.15, 0.2) is 0 Å². The highest BCUT2D eigenvalue weighted by Crippen LogP contribution is 2.53. The summed E-state index contributed by atoms with van der Waals surface area (Å²) in [5, 5.41) is 0.763. The molecule has 3 nitrogen and oxygen atoms in total. The van der Waals surface area contributed by atoms with Crippen LogP contribution in [0, 0.1) is 23.7 Å². The second-order valence-corrected chi connectivity index (χ2v) is 6.42. The molecule has 0 spiro atoms. The molecule has 1 aliphatic heterocycles. The monoisotopic (exact) mass is 307 g/mol. The molecule has 1 saturated carbocycles. The maximum Gasteiger partial charge on any atom is 0.238 e. The zero-order chi connectivity index (χ0) is 14.0. The van der Waals surface area contributed by atoms with E-state index < -0.39 is 0 Å². The first-order valence-electron chi connectivity index (χ1n) is 6.59. The Morgan fingerprint density at radius 3 is 2.10 bits per heavy atom. The van der Waals surface area contributed by atoms with Gasteiger partial charge in [-0.2, -0.15) is 0 Å². The average Bonchev–Trinajstić information content (AvgIpc) is 3.08. The van der Waals surface area contributed by atoms with E-state index in [0.717, 1.165) is 6.42 Å². The standard InChI is InChI=1S/C15H11Cl2NO2/c16-10-4-3-9(6-11(10)17)18-14(19)12-7-1-2-8(5-7)13(12)15(18)20/h1-4,6-8,12-13H,5H2/t7-,8-,12-,13+/m1/s1. The van der Waals surface area contributed by atoms with Gasteiger partial charge in [-0.1, -0.05) is 35.4 Å². The van der Waals surface area contributed by atoms with Gasteiger partial charge in [0, 0.05) is 0 Å². The Hall–Kier alpha value is -1.32. The van der Waals surface area contributed by atoms with E-state index in [1.165, 1.54) is 4.90 Å². The van der Waals surface area contributed by atoms with Gasteiger partial charge in [-0.25, -0.2) is 4.90 Å². The molecule has 5 heteroatoms. The highest BCUT2D eigenvalue weighted by molar-refractivity contribution is 6.42. The summed E-state index contributed by atoms with van der Waals surface area (Å²) in [5.74, 6) is -0.146. The predicted octanol–water partition coefficient (Wildman–Crippen LogP) is 3.30. The second-order valence-electron chi connectivity index (χ2n) is 5.61. The van der Waals surface area contributed by atoms with Gasteiger partial charge in [0.05, 0.1) is 27.6 Å². The minimum Gasteiger partial charge on any atom is -0.274 e. The summed E-state index contributed by atoms with van der Waals surface area (Å²) in [6.07, 6.45) is 5.09. The SMILES string of the molecule is O=C1[C@@H]2[C@H](C(=O)N1c1ccc(Cl)c(Cl)c1)[C@@H]1C=C[C@@H]2C1. The molecular weight excluding hydrogens is 297 g/mol. The highest BCUT2D eigenvalue weighted by atomic mass is 35.5. The number of hydrogen-bond donors (Lipinski definition) is 0. The molecule has 1 aromatic rings. The van der Waals surface area contributed by atoms with E-state index in [9.17, 15) is 9.59 Å². The van der Waals surface area contributed by atoms with E-state index >= 15 is 0 Å². The Kier molecular flexibility index (Phi) is 2.54. The topological polar surface area (TPSA) is 37.4 Å². The molecule has 4 rings (SSSR count). The van der Waals surface area contributed by atoms with Crippen molar-refractivity contribution in [2.24, 2.45) is 23.7 Å². The van der Waals surface area contributed by atoms with Crippen molar-refractivity contribution >= 4 is 40.7 Å². The lowest BCUT2D eigenvalue weighted by molar-refractivity contribution is -0.123. The van der Waals surface area contributed by atoms with E-state index in [4.69, 9.17) is 23.2 Å². The van der Waals surface area contributed by atoms with Crippen LogP contribution in [0.5, 0.6) is 0 Å². The number of hydrogen-bond acceptors (Lipinski definition) is 2. The van der Waals surface area contributed by atoms with Crippen LogP contribution in [0.2, 0.25) is 10.0 Å². The molecule has 1 heterocycles. The predicted molar refractivity (Wildman–Crippen MR) is 76.7 cm³/mol. The van der Waals surface area contributed by atoms with Crippen LogP contribution in [-0.4, -0.2) is 11.8 Å². The van der Waals surface area contributed by atoms with Crippen LogP contribution in [0.15, 0.2) is 30.4 Å². The molecule has 0 unspecified atom stereocenters. The van der Waals surface area contributed by atoms with Crippen molar-refractivity contribution in [1.29, 1.82) is 0 Å². The van der Waals surface area contributed by atoms with Crippen LogP contribution >= 0.6 is 23.2 Å². The third kappa shape index (κ3) is 1.48. The molecule has 20 heavy (non-hydrogen) atoms. The first kappa shape index (κ1) is 12.4. The third-order valence-electron chi connectivity index (χ3n) is 4.63. The molecule has 0 N–H and O–H groups in total. The second kappa shape index (κ2) is 4.09. The Bertz CT molecular complexity index is 640. The lowest BCUT2D eigenvalue weighted by Gasteiger charge is -2.17. The summed E-state index contributed by atoms with van der Waals surface area (Å²) in [6.45, 7) is 0. The number of fused-ring (bicyclic) bond motifs is 5.